The molecule has 0 bridgehead atoms. The van der Waals surface area contributed by atoms with Crippen LogP contribution in [-0.4, -0.2) is 73.9 Å². The number of aromatic nitrogens is 2. The highest BCUT2D eigenvalue weighted by atomic mass is 32.2. The Morgan fingerprint density at radius 3 is 2.25 bits per heavy atom. The van der Waals surface area contributed by atoms with E-state index in [4.69, 9.17) is 0 Å². The molecule has 9 nitrogen and oxygen atoms in total. The van der Waals surface area contributed by atoms with Crippen molar-refractivity contribution in [1.82, 2.24) is 24.5 Å². The molecule has 1 fully saturated rings. The van der Waals surface area contributed by atoms with Gasteiger partial charge in [0.15, 0.2) is 0 Å². The number of hydrogen-bond donors (Lipinski definition) is 3. The summed E-state index contributed by atoms with van der Waals surface area (Å²) in [7, 11) is 0.242. The second kappa shape index (κ2) is 11.7. The molecular formula is C25H32FN7O2S. The molecule has 0 amide bonds. The first-order valence-corrected chi connectivity index (χ1v) is 13.4. The summed E-state index contributed by atoms with van der Waals surface area (Å²) in [5, 5.41) is 9.51. The molecule has 192 valence electrons. The van der Waals surface area contributed by atoms with Crippen molar-refractivity contribution < 1.29 is 12.8 Å². The van der Waals surface area contributed by atoms with Crippen LogP contribution < -0.4 is 16.0 Å². The Morgan fingerprint density at radius 2 is 1.58 bits per heavy atom. The molecular weight excluding hydrogens is 481 g/mol. The lowest BCUT2D eigenvalue weighted by Gasteiger charge is -2.34. The first-order valence-electron chi connectivity index (χ1n) is 11.9. The third-order valence-electron chi connectivity index (χ3n) is 5.97. The number of halogens is 1. The number of benzene rings is 2. The molecule has 3 aromatic rings. The van der Waals surface area contributed by atoms with Crippen LogP contribution >= 0.6 is 0 Å². The van der Waals surface area contributed by atoms with Crippen molar-refractivity contribution in [2.45, 2.75) is 23.8 Å². The van der Waals surface area contributed by atoms with Crippen LogP contribution in [0.25, 0.3) is 0 Å². The van der Waals surface area contributed by atoms with Crippen LogP contribution in [0.15, 0.2) is 65.7 Å². The number of nitrogens with zero attached hydrogens (tertiary/aromatic N) is 4. The first kappa shape index (κ1) is 26.0. The SMILES string of the molecule is CN(C)CCN(C1CCNCC1)S(=O)(=O)c1ccc(Nc2nccc(Nc3ccc(F)cc3)n2)cc1. The fourth-order valence-electron chi connectivity index (χ4n) is 4.04. The van der Waals surface area contributed by atoms with E-state index in [0.717, 1.165) is 25.9 Å². The van der Waals surface area contributed by atoms with Gasteiger partial charge >= 0.3 is 0 Å². The molecule has 0 spiro atoms. The second-order valence-electron chi connectivity index (χ2n) is 8.95. The van der Waals surface area contributed by atoms with Gasteiger partial charge in [-0.1, -0.05) is 0 Å². The zero-order chi connectivity index (χ0) is 25.5. The third-order valence-corrected chi connectivity index (χ3v) is 7.94. The van der Waals surface area contributed by atoms with Gasteiger partial charge in [0.25, 0.3) is 0 Å². The largest absolute Gasteiger partial charge is 0.340 e. The predicted molar refractivity (Wildman–Crippen MR) is 140 cm³/mol. The number of anilines is 4. The topological polar surface area (TPSA) is 102 Å². The van der Waals surface area contributed by atoms with Crippen LogP contribution in [0.2, 0.25) is 0 Å². The molecule has 1 aromatic heterocycles. The molecule has 4 rings (SSSR count). The molecule has 11 heteroatoms. The number of likely N-dealkylation sites (N-methyl/N-ethyl adjacent to an activating group) is 1. The van der Waals surface area contributed by atoms with E-state index in [1.807, 2.05) is 19.0 Å². The Kier molecular flexibility index (Phi) is 8.47. The highest BCUT2D eigenvalue weighted by molar-refractivity contribution is 7.89. The van der Waals surface area contributed by atoms with Gasteiger partial charge in [0.2, 0.25) is 16.0 Å². The van der Waals surface area contributed by atoms with Crippen molar-refractivity contribution in [3.63, 3.8) is 0 Å². The molecule has 1 aliphatic heterocycles. The van der Waals surface area contributed by atoms with Gasteiger partial charge in [-0.2, -0.15) is 9.29 Å². The van der Waals surface area contributed by atoms with Gasteiger partial charge in [-0.25, -0.2) is 17.8 Å². The quantitative estimate of drug-likeness (QED) is 0.379. The molecule has 0 aliphatic carbocycles. The average molecular weight is 514 g/mol. The summed E-state index contributed by atoms with van der Waals surface area (Å²) in [6.45, 7) is 2.73. The Bertz CT molecular complexity index is 1230. The molecule has 0 saturated carbocycles. The van der Waals surface area contributed by atoms with Crippen LogP contribution in [0, 0.1) is 5.82 Å². The number of nitrogens with one attached hydrogen (secondary N) is 3. The number of sulfonamides is 1. The van der Waals surface area contributed by atoms with E-state index in [1.54, 1.807) is 53.0 Å². The molecule has 36 heavy (non-hydrogen) atoms. The van der Waals surface area contributed by atoms with Crippen LogP contribution in [0.3, 0.4) is 0 Å². The van der Waals surface area contributed by atoms with Crippen molar-refractivity contribution in [2.75, 3.05) is 50.9 Å². The zero-order valence-electron chi connectivity index (χ0n) is 20.5. The van der Waals surface area contributed by atoms with Gasteiger partial charge < -0.3 is 20.9 Å². The summed E-state index contributed by atoms with van der Waals surface area (Å²) in [4.78, 5) is 10.9. The minimum Gasteiger partial charge on any atom is -0.340 e. The number of piperidine rings is 1. The summed E-state index contributed by atoms with van der Waals surface area (Å²) >= 11 is 0. The molecule has 3 N–H and O–H groups in total. The lowest BCUT2D eigenvalue weighted by Crippen LogP contribution is -2.48. The minimum absolute atomic E-state index is 0.0150. The number of hydrogen-bond acceptors (Lipinski definition) is 8. The maximum Gasteiger partial charge on any atom is 0.243 e. The van der Waals surface area contributed by atoms with Gasteiger partial charge in [0, 0.05) is 36.7 Å². The van der Waals surface area contributed by atoms with E-state index >= 15 is 0 Å². The molecule has 0 unspecified atom stereocenters. The fraction of sp³-hybridized carbons (Fsp3) is 0.360. The smallest absolute Gasteiger partial charge is 0.243 e. The van der Waals surface area contributed by atoms with Gasteiger partial charge in [-0.15, -0.1) is 0 Å². The van der Waals surface area contributed by atoms with E-state index in [1.165, 1.54) is 12.1 Å². The third kappa shape index (κ3) is 6.76. The molecule has 0 radical (unpaired) electrons. The summed E-state index contributed by atoms with van der Waals surface area (Å²) in [5.74, 6) is 0.574. The van der Waals surface area contributed by atoms with Gasteiger partial charge in [-0.05, 0) is 94.6 Å². The lowest BCUT2D eigenvalue weighted by atomic mass is 10.1. The standard InChI is InChI=1S/C25H32FN7O2S/c1-32(2)17-18-33(22-11-14-27-15-12-22)36(34,35)23-9-7-21(8-10-23)30-25-28-16-13-24(31-25)29-20-5-3-19(26)4-6-20/h3-10,13,16,22,27H,11-12,14-15,17-18H2,1-2H3,(H2,28,29,30,31). The van der Waals surface area contributed by atoms with E-state index in [9.17, 15) is 12.8 Å². The van der Waals surface area contributed by atoms with E-state index < -0.39 is 10.0 Å². The van der Waals surface area contributed by atoms with Crippen LogP contribution in [-0.2, 0) is 10.0 Å². The van der Waals surface area contributed by atoms with E-state index in [-0.39, 0.29) is 16.8 Å². The average Bonchev–Trinajstić information content (AvgIpc) is 2.86. The lowest BCUT2D eigenvalue weighted by molar-refractivity contribution is 0.240. The summed E-state index contributed by atoms with van der Waals surface area (Å²) in [6.07, 6.45) is 3.19. The molecule has 2 aromatic carbocycles. The Hall–Kier alpha value is -3.12. The highest BCUT2D eigenvalue weighted by Gasteiger charge is 2.32. The van der Waals surface area contributed by atoms with Crippen molar-refractivity contribution in [2.24, 2.45) is 0 Å². The van der Waals surface area contributed by atoms with Crippen LogP contribution in [0.5, 0.6) is 0 Å². The Morgan fingerprint density at radius 1 is 0.944 bits per heavy atom. The monoisotopic (exact) mass is 513 g/mol. The van der Waals surface area contributed by atoms with E-state index in [2.05, 4.69) is 25.9 Å². The van der Waals surface area contributed by atoms with Crippen LogP contribution in [0.1, 0.15) is 12.8 Å². The molecule has 0 atom stereocenters. The van der Waals surface area contributed by atoms with Gasteiger partial charge in [-0.3, -0.25) is 0 Å². The predicted octanol–water partition coefficient (Wildman–Crippen LogP) is 3.41. The van der Waals surface area contributed by atoms with Crippen molar-refractivity contribution in [1.29, 1.82) is 0 Å². The summed E-state index contributed by atoms with van der Waals surface area (Å²) < 4.78 is 41.9. The van der Waals surface area contributed by atoms with Crippen molar-refractivity contribution >= 4 is 33.2 Å². The highest BCUT2D eigenvalue weighted by Crippen LogP contribution is 2.25. The van der Waals surface area contributed by atoms with Crippen molar-refractivity contribution in [3.05, 3.63) is 66.6 Å². The first-order chi connectivity index (χ1) is 17.3. The summed E-state index contributed by atoms with van der Waals surface area (Å²) in [6, 6.07) is 14.3. The van der Waals surface area contributed by atoms with Crippen LogP contribution in [0.4, 0.5) is 27.5 Å². The summed E-state index contributed by atoms with van der Waals surface area (Å²) in [5.41, 5.74) is 1.36. The fourth-order valence-corrected chi connectivity index (χ4v) is 5.71. The Labute approximate surface area is 211 Å². The van der Waals surface area contributed by atoms with E-state index in [0.29, 0.717) is 36.2 Å². The second-order valence-corrected chi connectivity index (χ2v) is 10.8. The minimum atomic E-state index is -3.65. The number of rotatable bonds is 10. The maximum absolute atomic E-state index is 13.6. The normalized spacial score (nSPS) is 14.8. The Balaban J connectivity index is 1.47. The van der Waals surface area contributed by atoms with Crippen molar-refractivity contribution in [3.8, 4) is 0 Å². The maximum atomic E-state index is 13.6. The van der Waals surface area contributed by atoms with Gasteiger partial charge in [0.1, 0.15) is 11.6 Å². The van der Waals surface area contributed by atoms with Gasteiger partial charge in [0.05, 0.1) is 4.90 Å². The molecule has 1 aliphatic rings. The zero-order valence-corrected chi connectivity index (χ0v) is 21.3. The molecule has 1 saturated heterocycles. The molecule has 2 heterocycles.